The van der Waals surface area contributed by atoms with E-state index in [1.54, 1.807) is 19.3 Å². The fraction of sp³-hybridized carbons (Fsp3) is 0.583. The van der Waals surface area contributed by atoms with Crippen LogP contribution in [0, 0.1) is 0 Å². The van der Waals surface area contributed by atoms with Gasteiger partial charge in [0.15, 0.2) is 0 Å². The van der Waals surface area contributed by atoms with Crippen LogP contribution >= 0.6 is 11.8 Å². The second kappa shape index (κ2) is 6.58. The molecular weight excluding hydrogens is 250 g/mol. The van der Waals surface area contributed by atoms with Crippen molar-refractivity contribution in [2.24, 2.45) is 0 Å². The van der Waals surface area contributed by atoms with Crippen LogP contribution in [-0.4, -0.2) is 41.4 Å². The van der Waals surface area contributed by atoms with Gasteiger partial charge in [-0.05, 0) is 19.8 Å². The van der Waals surface area contributed by atoms with Gasteiger partial charge >= 0.3 is 5.97 Å². The molecule has 1 aliphatic rings. The summed E-state index contributed by atoms with van der Waals surface area (Å²) < 4.78 is 4.88. The minimum absolute atomic E-state index is 0.212. The SMILES string of the molecule is CCOC(=O)CSc1cncc(N2CCCC2)n1. The molecule has 5 nitrogen and oxygen atoms in total. The molecule has 0 saturated carbocycles. The zero-order valence-electron chi connectivity index (χ0n) is 10.5. The number of carbonyl (C=O) groups excluding carboxylic acids is 1. The van der Waals surface area contributed by atoms with Crippen molar-refractivity contribution < 1.29 is 9.53 Å². The topological polar surface area (TPSA) is 55.3 Å². The van der Waals surface area contributed by atoms with E-state index in [0.29, 0.717) is 6.61 Å². The van der Waals surface area contributed by atoms with E-state index in [-0.39, 0.29) is 11.7 Å². The molecule has 1 aliphatic heterocycles. The molecule has 0 bridgehead atoms. The Morgan fingerprint density at radius 3 is 2.94 bits per heavy atom. The van der Waals surface area contributed by atoms with Crippen LogP contribution in [0.4, 0.5) is 5.82 Å². The van der Waals surface area contributed by atoms with E-state index in [4.69, 9.17) is 4.74 Å². The number of hydrogen-bond acceptors (Lipinski definition) is 6. The molecule has 0 aromatic carbocycles. The molecule has 6 heteroatoms. The molecule has 0 spiro atoms. The third-order valence-electron chi connectivity index (χ3n) is 2.67. The van der Waals surface area contributed by atoms with Gasteiger partial charge in [0.25, 0.3) is 0 Å². The van der Waals surface area contributed by atoms with Crippen LogP contribution in [0.5, 0.6) is 0 Å². The van der Waals surface area contributed by atoms with Crippen molar-refractivity contribution >= 4 is 23.5 Å². The molecular formula is C12H17N3O2S. The van der Waals surface area contributed by atoms with Crippen molar-refractivity contribution in [2.45, 2.75) is 24.8 Å². The molecule has 0 unspecified atom stereocenters. The molecule has 2 heterocycles. The summed E-state index contributed by atoms with van der Waals surface area (Å²) in [5.41, 5.74) is 0. The Morgan fingerprint density at radius 1 is 1.44 bits per heavy atom. The molecule has 0 N–H and O–H groups in total. The third-order valence-corrected chi connectivity index (χ3v) is 3.55. The van der Waals surface area contributed by atoms with Gasteiger partial charge in [0.05, 0.1) is 24.8 Å². The van der Waals surface area contributed by atoms with Crippen LogP contribution in [0.25, 0.3) is 0 Å². The van der Waals surface area contributed by atoms with Gasteiger partial charge in [0, 0.05) is 13.1 Å². The second-order valence-electron chi connectivity index (χ2n) is 4.00. The zero-order valence-corrected chi connectivity index (χ0v) is 11.3. The van der Waals surface area contributed by atoms with E-state index >= 15 is 0 Å². The van der Waals surface area contributed by atoms with Crippen LogP contribution in [0.3, 0.4) is 0 Å². The lowest BCUT2D eigenvalue weighted by atomic mass is 10.4. The van der Waals surface area contributed by atoms with Crippen molar-refractivity contribution in [3.05, 3.63) is 12.4 Å². The van der Waals surface area contributed by atoms with E-state index in [9.17, 15) is 4.79 Å². The summed E-state index contributed by atoms with van der Waals surface area (Å²) in [5.74, 6) is 0.976. The first-order valence-electron chi connectivity index (χ1n) is 6.15. The molecule has 18 heavy (non-hydrogen) atoms. The first-order valence-corrected chi connectivity index (χ1v) is 7.13. The minimum atomic E-state index is -0.212. The summed E-state index contributed by atoms with van der Waals surface area (Å²) in [5, 5.41) is 0.771. The Labute approximate surface area is 111 Å². The average Bonchev–Trinajstić information content (AvgIpc) is 2.91. The van der Waals surface area contributed by atoms with Crippen molar-refractivity contribution in [3.63, 3.8) is 0 Å². The lowest BCUT2D eigenvalue weighted by Gasteiger charge is -2.15. The maximum atomic E-state index is 11.3. The molecule has 1 saturated heterocycles. The van der Waals surface area contributed by atoms with Crippen LogP contribution < -0.4 is 4.90 Å². The number of thioether (sulfide) groups is 1. The summed E-state index contributed by atoms with van der Waals surface area (Å²) in [7, 11) is 0. The Morgan fingerprint density at radius 2 is 2.22 bits per heavy atom. The fourth-order valence-corrected chi connectivity index (χ4v) is 2.48. The van der Waals surface area contributed by atoms with Crippen molar-refractivity contribution in [3.8, 4) is 0 Å². The number of ether oxygens (including phenoxy) is 1. The monoisotopic (exact) mass is 267 g/mol. The number of esters is 1. The molecule has 2 rings (SSSR count). The zero-order chi connectivity index (χ0) is 12.8. The Hall–Kier alpha value is -1.30. The number of rotatable bonds is 5. The van der Waals surface area contributed by atoms with Gasteiger partial charge in [-0.2, -0.15) is 0 Å². The standard InChI is InChI=1S/C12H17N3O2S/c1-2-17-12(16)9-18-11-8-13-7-10(14-11)15-5-3-4-6-15/h7-8H,2-6,9H2,1H3. The molecule has 0 aliphatic carbocycles. The van der Waals surface area contributed by atoms with E-state index in [2.05, 4.69) is 14.9 Å². The highest BCUT2D eigenvalue weighted by atomic mass is 32.2. The van der Waals surface area contributed by atoms with Gasteiger partial charge < -0.3 is 9.64 Å². The van der Waals surface area contributed by atoms with Crippen LogP contribution in [0.2, 0.25) is 0 Å². The van der Waals surface area contributed by atoms with Crippen LogP contribution in [0.15, 0.2) is 17.4 Å². The predicted molar refractivity (Wildman–Crippen MR) is 70.8 cm³/mol. The highest BCUT2D eigenvalue weighted by molar-refractivity contribution is 7.99. The van der Waals surface area contributed by atoms with Gasteiger partial charge in [-0.25, -0.2) is 4.98 Å². The maximum Gasteiger partial charge on any atom is 0.316 e. The Kier molecular flexibility index (Phi) is 4.81. The van der Waals surface area contributed by atoms with Crippen LogP contribution in [0.1, 0.15) is 19.8 Å². The van der Waals surface area contributed by atoms with E-state index in [0.717, 1.165) is 23.9 Å². The maximum absolute atomic E-state index is 11.3. The van der Waals surface area contributed by atoms with Crippen molar-refractivity contribution in [1.29, 1.82) is 0 Å². The molecule has 1 aromatic heterocycles. The quantitative estimate of drug-likeness (QED) is 0.598. The minimum Gasteiger partial charge on any atom is -0.465 e. The predicted octanol–water partition coefficient (Wildman–Crippen LogP) is 1.73. The molecule has 98 valence electrons. The second-order valence-corrected chi connectivity index (χ2v) is 5.00. The lowest BCUT2D eigenvalue weighted by molar-refractivity contribution is -0.139. The number of anilines is 1. The number of aromatic nitrogens is 2. The normalized spacial score (nSPS) is 14.8. The lowest BCUT2D eigenvalue weighted by Crippen LogP contribution is -2.19. The molecule has 1 fully saturated rings. The van der Waals surface area contributed by atoms with Gasteiger partial charge in [-0.3, -0.25) is 9.78 Å². The van der Waals surface area contributed by atoms with E-state index < -0.39 is 0 Å². The van der Waals surface area contributed by atoms with E-state index in [1.165, 1.54) is 24.6 Å². The fourth-order valence-electron chi connectivity index (χ4n) is 1.84. The van der Waals surface area contributed by atoms with Gasteiger partial charge in [-0.1, -0.05) is 11.8 Å². The molecule has 0 atom stereocenters. The Balaban J connectivity index is 1.92. The first-order chi connectivity index (χ1) is 8.79. The van der Waals surface area contributed by atoms with Gasteiger partial charge in [0.2, 0.25) is 0 Å². The summed E-state index contributed by atoms with van der Waals surface area (Å²) in [6, 6.07) is 0. The first kappa shape index (κ1) is 13.1. The Bertz CT molecular complexity index is 408. The molecule has 0 amide bonds. The largest absolute Gasteiger partial charge is 0.465 e. The number of nitrogens with zero attached hydrogens (tertiary/aromatic N) is 3. The highest BCUT2D eigenvalue weighted by Gasteiger charge is 2.14. The number of carbonyl (C=O) groups is 1. The van der Waals surface area contributed by atoms with E-state index in [1.807, 2.05) is 0 Å². The summed E-state index contributed by atoms with van der Waals surface area (Å²) in [4.78, 5) is 22.2. The van der Waals surface area contributed by atoms with Crippen LogP contribution in [-0.2, 0) is 9.53 Å². The smallest absolute Gasteiger partial charge is 0.316 e. The molecule has 1 aromatic rings. The van der Waals surface area contributed by atoms with Gasteiger partial charge in [0.1, 0.15) is 10.8 Å². The van der Waals surface area contributed by atoms with Crippen molar-refractivity contribution in [1.82, 2.24) is 9.97 Å². The molecule has 0 radical (unpaired) electrons. The highest BCUT2D eigenvalue weighted by Crippen LogP contribution is 2.21. The number of hydrogen-bond donors (Lipinski definition) is 0. The third kappa shape index (κ3) is 3.60. The van der Waals surface area contributed by atoms with Crippen molar-refractivity contribution in [2.75, 3.05) is 30.3 Å². The summed E-state index contributed by atoms with van der Waals surface area (Å²) in [6.07, 6.45) is 5.88. The van der Waals surface area contributed by atoms with Gasteiger partial charge in [-0.15, -0.1) is 0 Å². The summed E-state index contributed by atoms with van der Waals surface area (Å²) in [6.45, 7) is 4.30. The summed E-state index contributed by atoms with van der Waals surface area (Å²) >= 11 is 1.37. The average molecular weight is 267 g/mol.